The number of hydrogen-bond acceptors (Lipinski definition) is 4. The lowest BCUT2D eigenvalue weighted by atomic mass is 10.0. The molecule has 2 rings (SSSR count). The van der Waals surface area contributed by atoms with Gasteiger partial charge in [0, 0.05) is 43.9 Å². The minimum absolute atomic E-state index is 0. The van der Waals surface area contributed by atoms with E-state index >= 15 is 0 Å². The molecule has 1 aromatic rings. The van der Waals surface area contributed by atoms with Crippen molar-refractivity contribution in [2.75, 3.05) is 33.3 Å². The van der Waals surface area contributed by atoms with Crippen LogP contribution in [0.2, 0.25) is 0 Å². The zero-order chi connectivity index (χ0) is 12.3. The number of benzene rings is 1. The van der Waals surface area contributed by atoms with Crippen molar-refractivity contribution in [2.24, 2.45) is 0 Å². The van der Waals surface area contributed by atoms with E-state index in [2.05, 4.69) is 17.1 Å². The first-order valence-corrected chi connectivity index (χ1v) is 6.04. The molecule has 110 valence electrons. The van der Waals surface area contributed by atoms with Gasteiger partial charge in [0.05, 0.1) is 7.11 Å². The number of piperazine rings is 1. The third-order valence-electron chi connectivity index (χ3n) is 3.39. The van der Waals surface area contributed by atoms with Gasteiger partial charge in [-0.15, -0.1) is 24.8 Å². The number of hydrogen-bond donors (Lipinski definition) is 2. The fourth-order valence-electron chi connectivity index (χ4n) is 2.27. The molecule has 6 heteroatoms. The summed E-state index contributed by atoms with van der Waals surface area (Å²) in [5, 5.41) is 13.3. The molecule has 1 fully saturated rings. The zero-order valence-electron chi connectivity index (χ0n) is 11.3. The Hall–Kier alpha value is -0.680. The van der Waals surface area contributed by atoms with Gasteiger partial charge >= 0.3 is 0 Å². The van der Waals surface area contributed by atoms with E-state index in [4.69, 9.17) is 4.74 Å². The van der Waals surface area contributed by atoms with Crippen molar-refractivity contribution in [2.45, 2.75) is 13.0 Å². The van der Waals surface area contributed by atoms with Crippen LogP contribution in [0.1, 0.15) is 18.5 Å². The summed E-state index contributed by atoms with van der Waals surface area (Å²) in [6.45, 7) is 6.20. The molecule has 1 saturated heterocycles. The van der Waals surface area contributed by atoms with E-state index in [1.54, 1.807) is 13.2 Å². The molecule has 0 aliphatic carbocycles. The van der Waals surface area contributed by atoms with Crippen molar-refractivity contribution in [3.63, 3.8) is 0 Å². The first kappa shape index (κ1) is 18.3. The average molecular weight is 309 g/mol. The summed E-state index contributed by atoms with van der Waals surface area (Å²) >= 11 is 0. The second-order valence-corrected chi connectivity index (χ2v) is 4.39. The van der Waals surface area contributed by atoms with Crippen molar-refractivity contribution in [3.8, 4) is 11.5 Å². The number of halogens is 2. The topological polar surface area (TPSA) is 44.7 Å². The van der Waals surface area contributed by atoms with E-state index in [1.807, 2.05) is 12.1 Å². The van der Waals surface area contributed by atoms with Gasteiger partial charge in [-0.05, 0) is 13.0 Å². The molecule has 4 nitrogen and oxygen atoms in total. The summed E-state index contributed by atoms with van der Waals surface area (Å²) in [6.07, 6.45) is 0. The summed E-state index contributed by atoms with van der Waals surface area (Å²) in [5.74, 6) is 1.01. The molecule has 0 amide bonds. The van der Waals surface area contributed by atoms with Crippen LogP contribution in [-0.4, -0.2) is 43.3 Å². The van der Waals surface area contributed by atoms with E-state index in [-0.39, 0.29) is 30.9 Å². The number of phenols is 1. The Balaban J connectivity index is 0.00000162. The molecule has 0 aromatic heterocycles. The lowest BCUT2D eigenvalue weighted by molar-refractivity contribution is 0.183. The van der Waals surface area contributed by atoms with E-state index in [9.17, 15) is 5.11 Å². The number of phenolic OH excluding ortho intramolecular Hbond substituents is 1. The van der Waals surface area contributed by atoms with Crippen LogP contribution in [0.5, 0.6) is 11.5 Å². The molecule has 1 aliphatic rings. The molecule has 0 unspecified atom stereocenters. The lowest BCUT2D eigenvalue weighted by Crippen LogP contribution is -2.44. The maximum atomic E-state index is 10.0. The van der Waals surface area contributed by atoms with Gasteiger partial charge in [0.1, 0.15) is 11.5 Å². The van der Waals surface area contributed by atoms with Gasteiger partial charge in [-0.1, -0.05) is 6.07 Å². The Morgan fingerprint density at radius 3 is 2.42 bits per heavy atom. The Morgan fingerprint density at radius 1 is 1.26 bits per heavy atom. The molecular weight excluding hydrogens is 287 g/mol. The number of nitrogens with one attached hydrogen (secondary N) is 1. The third-order valence-corrected chi connectivity index (χ3v) is 3.39. The highest BCUT2D eigenvalue weighted by molar-refractivity contribution is 5.85. The lowest BCUT2D eigenvalue weighted by Gasteiger charge is -2.33. The van der Waals surface area contributed by atoms with Gasteiger partial charge in [0.15, 0.2) is 0 Å². The predicted molar refractivity (Wildman–Crippen MR) is 82.0 cm³/mol. The van der Waals surface area contributed by atoms with Gasteiger partial charge in [-0.3, -0.25) is 4.90 Å². The first-order chi connectivity index (χ1) is 8.22. The number of aromatic hydroxyl groups is 1. The van der Waals surface area contributed by atoms with Crippen LogP contribution in [0.25, 0.3) is 0 Å². The van der Waals surface area contributed by atoms with E-state index in [1.165, 1.54) is 0 Å². The highest BCUT2D eigenvalue weighted by Gasteiger charge is 2.20. The second kappa shape index (κ2) is 8.48. The number of rotatable bonds is 3. The van der Waals surface area contributed by atoms with Gasteiger partial charge < -0.3 is 15.2 Å². The van der Waals surface area contributed by atoms with Crippen molar-refractivity contribution in [1.29, 1.82) is 0 Å². The van der Waals surface area contributed by atoms with Gasteiger partial charge in [0.2, 0.25) is 0 Å². The summed E-state index contributed by atoms with van der Waals surface area (Å²) < 4.78 is 5.09. The molecule has 1 atom stereocenters. The van der Waals surface area contributed by atoms with Crippen LogP contribution in [0, 0.1) is 0 Å². The Labute approximate surface area is 127 Å². The molecule has 0 radical (unpaired) electrons. The highest BCUT2D eigenvalue weighted by Crippen LogP contribution is 2.31. The third kappa shape index (κ3) is 4.42. The summed E-state index contributed by atoms with van der Waals surface area (Å²) in [7, 11) is 1.61. The second-order valence-electron chi connectivity index (χ2n) is 4.39. The van der Waals surface area contributed by atoms with Crippen LogP contribution in [0.15, 0.2) is 18.2 Å². The monoisotopic (exact) mass is 308 g/mol. The molecular formula is C13H22Cl2N2O2. The van der Waals surface area contributed by atoms with Crippen molar-refractivity contribution in [3.05, 3.63) is 23.8 Å². The standard InChI is InChI=1S/C13H20N2O2.2ClH/c1-10(15-7-5-14-6-8-15)12-4-3-11(17-2)9-13(12)16;;/h3-4,9-10,14,16H,5-8H2,1-2H3;2*1H/t10-;;/m0../s1. The molecule has 0 saturated carbocycles. The summed E-state index contributed by atoms with van der Waals surface area (Å²) in [4.78, 5) is 2.37. The molecule has 1 aromatic carbocycles. The van der Waals surface area contributed by atoms with E-state index in [0.717, 1.165) is 31.7 Å². The number of methoxy groups -OCH3 is 1. The van der Waals surface area contributed by atoms with Gasteiger partial charge in [-0.2, -0.15) is 0 Å². The fraction of sp³-hybridized carbons (Fsp3) is 0.538. The van der Waals surface area contributed by atoms with Crippen molar-refractivity contribution in [1.82, 2.24) is 10.2 Å². The van der Waals surface area contributed by atoms with Gasteiger partial charge in [0.25, 0.3) is 0 Å². The van der Waals surface area contributed by atoms with Crippen molar-refractivity contribution < 1.29 is 9.84 Å². The van der Waals surface area contributed by atoms with E-state index in [0.29, 0.717) is 11.5 Å². The minimum Gasteiger partial charge on any atom is -0.507 e. The molecule has 0 spiro atoms. The minimum atomic E-state index is 0. The highest BCUT2D eigenvalue weighted by atomic mass is 35.5. The SMILES string of the molecule is COc1ccc([C@H](C)N2CCNCC2)c(O)c1.Cl.Cl. The molecule has 19 heavy (non-hydrogen) atoms. The fourth-order valence-corrected chi connectivity index (χ4v) is 2.27. The zero-order valence-corrected chi connectivity index (χ0v) is 12.9. The largest absolute Gasteiger partial charge is 0.507 e. The Bertz CT molecular complexity index is 385. The van der Waals surface area contributed by atoms with Crippen molar-refractivity contribution >= 4 is 24.8 Å². The Kier molecular flexibility index (Phi) is 8.18. The van der Waals surface area contributed by atoms with Crippen LogP contribution in [0.3, 0.4) is 0 Å². The average Bonchev–Trinajstić information content (AvgIpc) is 2.39. The quantitative estimate of drug-likeness (QED) is 0.898. The molecule has 1 heterocycles. The molecule has 0 bridgehead atoms. The van der Waals surface area contributed by atoms with Crippen LogP contribution in [0.4, 0.5) is 0 Å². The maximum absolute atomic E-state index is 10.0. The number of nitrogens with zero attached hydrogens (tertiary/aromatic N) is 1. The van der Waals surface area contributed by atoms with Gasteiger partial charge in [-0.25, -0.2) is 0 Å². The van der Waals surface area contributed by atoms with Crippen LogP contribution < -0.4 is 10.1 Å². The normalized spacial score (nSPS) is 16.9. The smallest absolute Gasteiger partial charge is 0.124 e. The van der Waals surface area contributed by atoms with Crippen LogP contribution in [-0.2, 0) is 0 Å². The maximum Gasteiger partial charge on any atom is 0.124 e. The molecule has 2 N–H and O–H groups in total. The number of ether oxygens (including phenoxy) is 1. The van der Waals surface area contributed by atoms with E-state index < -0.39 is 0 Å². The summed E-state index contributed by atoms with van der Waals surface area (Å²) in [6, 6.07) is 5.76. The molecule has 1 aliphatic heterocycles. The predicted octanol–water partition coefficient (Wildman–Crippen LogP) is 2.21. The first-order valence-electron chi connectivity index (χ1n) is 6.04. The Morgan fingerprint density at radius 2 is 1.89 bits per heavy atom. The van der Waals surface area contributed by atoms with Crippen LogP contribution >= 0.6 is 24.8 Å². The summed E-state index contributed by atoms with van der Waals surface area (Å²) in [5.41, 5.74) is 0.965.